The van der Waals surface area contributed by atoms with E-state index in [4.69, 9.17) is 9.57 Å². The van der Waals surface area contributed by atoms with E-state index in [1.165, 1.54) is 22.0 Å². The molecule has 30 heavy (non-hydrogen) atoms. The molecule has 0 amide bonds. The highest BCUT2D eigenvalue weighted by Gasteiger charge is 2.28. The molecule has 0 unspecified atom stereocenters. The first-order chi connectivity index (χ1) is 14.5. The average Bonchev–Trinajstić information content (AvgIpc) is 3.53. The van der Waals surface area contributed by atoms with Gasteiger partial charge in [-0.05, 0) is 66.3 Å². The van der Waals surface area contributed by atoms with Crippen LogP contribution in [0.5, 0.6) is 5.75 Å². The first-order valence-corrected chi connectivity index (χ1v) is 9.92. The number of benzene rings is 2. The molecule has 8 heteroatoms. The molecule has 2 aromatic carbocycles. The Morgan fingerprint density at radius 3 is 2.70 bits per heavy atom. The molecule has 0 radical (unpaired) electrons. The van der Waals surface area contributed by atoms with Crippen LogP contribution in [-0.2, 0) is 18.5 Å². The van der Waals surface area contributed by atoms with E-state index in [1.807, 2.05) is 44.2 Å². The molecule has 0 N–H and O–H groups in total. The lowest BCUT2D eigenvalue weighted by atomic mass is 10.0. The maximum absolute atomic E-state index is 12.5. The van der Waals surface area contributed by atoms with Crippen LogP contribution < -0.4 is 10.4 Å². The van der Waals surface area contributed by atoms with Crippen LogP contribution in [0.4, 0.5) is 0 Å². The van der Waals surface area contributed by atoms with Crippen LogP contribution in [0, 0.1) is 6.92 Å². The number of tetrazole rings is 1. The summed E-state index contributed by atoms with van der Waals surface area (Å²) in [7, 11) is 3.12. The van der Waals surface area contributed by atoms with Gasteiger partial charge in [-0.1, -0.05) is 29.4 Å². The minimum absolute atomic E-state index is 0.284. The van der Waals surface area contributed by atoms with Crippen LogP contribution in [0.15, 0.2) is 46.3 Å². The average molecular weight is 407 g/mol. The number of aromatic nitrogens is 4. The fourth-order valence-electron chi connectivity index (χ4n) is 3.51. The van der Waals surface area contributed by atoms with Gasteiger partial charge in [-0.2, -0.15) is 9.36 Å². The maximum atomic E-state index is 12.5. The van der Waals surface area contributed by atoms with E-state index in [1.54, 1.807) is 7.05 Å². The van der Waals surface area contributed by atoms with Gasteiger partial charge >= 0.3 is 5.69 Å². The lowest BCUT2D eigenvalue weighted by Crippen LogP contribution is -2.23. The number of nitrogens with zero attached hydrogens (tertiary/aromatic N) is 5. The highest BCUT2D eigenvalue weighted by Crippen LogP contribution is 2.43. The summed E-state index contributed by atoms with van der Waals surface area (Å²) in [6, 6.07) is 11.9. The number of rotatable bonds is 7. The minimum Gasteiger partial charge on any atom is -0.489 e. The largest absolute Gasteiger partial charge is 0.489 e. The van der Waals surface area contributed by atoms with Crippen LogP contribution in [0.25, 0.3) is 5.69 Å². The van der Waals surface area contributed by atoms with Crippen LogP contribution in [0.2, 0.25) is 0 Å². The van der Waals surface area contributed by atoms with E-state index in [9.17, 15) is 4.79 Å². The Bertz CT molecular complexity index is 1160. The van der Waals surface area contributed by atoms with Crippen molar-refractivity contribution >= 4 is 5.71 Å². The van der Waals surface area contributed by atoms with Gasteiger partial charge in [-0.15, -0.1) is 0 Å². The molecule has 8 nitrogen and oxygen atoms in total. The fourth-order valence-corrected chi connectivity index (χ4v) is 3.51. The molecule has 4 rings (SSSR count). The highest BCUT2D eigenvalue weighted by molar-refractivity contribution is 5.98. The van der Waals surface area contributed by atoms with Crippen LogP contribution in [0.1, 0.15) is 47.9 Å². The second-order valence-electron chi connectivity index (χ2n) is 7.54. The Hall–Kier alpha value is -3.42. The third-order valence-corrected chi connectivity index (χ3v) is 5.36. The molecule has 0 atom stereocenters. The molecule has 0 spiro atoms. The number of hydrogen-bond acceptors (Lipinski definition) is 6. The van der Waals surface area contributed by atoms with Gasteiger partial charge in [-0.3, -0.25) is 0 Å². The highest BCUT2D eigenvalue weighted by atomic mass is 16.6. The molecule has 156 valence electrons. The van der Waals surface area contributed by atoms with Crippen LogP contribution in [-0.4, -0.2) is 32.6 Å². The van der Waals surface area contributed by atoms with Gasteiger partial charge in [0.1, 0.15) is 19.5 Å². The quantitative estimate of drug-likeness (QED) is 0.444. The molecule has 3 aromatic rings. The zero-order chi connectivity index (χ0) is 21.3. The summed E-state index contributed by atoms with van der Waals surface area (Å²) in [4.78, 5) is 17.3. The molecule has 1 aliphatic carbocycles. The number of hydrogen-bond donors (Lipinski definition) is 0. The van der Waals surface area contributed by atoms with E-state index in [0.717, 1.165) is 41.0 Å². The first-order valence-electron chi connectivity index (χ1n) is 9.92. The van der Waals surface area contributed by atoms with Crippen molar-refractivity contribution < 1.29 is 9.57 Å². The van der Waals surface area contributed by atoms with Gasteiger partial charge in [0.15, 0.2) is 0 Å². The zero-order valence-corrected chi connectivity index (χ0v) is 17.6. The molecular formula is C22H25N5O3. The molecular weight excluding hydrogens is 382 g/mol. The Morgan fingerprint density at radius 1 is 1.23 bits per heavy atom. The number of oxime groups is 1. The molecule has 0 saturated heterocycles. The summed E-state index contributed by atoms with van der Waals surface area (Å²) in [5.41, 5.74) is 5.32. The molecule has 1 saturated carbocycles. The number of aryl methyl sites for hydroxylation is 2. The van der Waals surface area contributed by atoms with Gasteiger partial charge in [0, 0.05) is 18.2 Å². The predicted molar refractivity (Wildman–Crippen MR) is 113 cm³/mol. The third-order valence-electron chi connectivity index (χ3n) is 5.36. The summed E-state index contributed by atoms with van der Waals surface area (Å²) in [5, 5.41) is 11.9. The topological polar surface area (TPSA) is 83.5 Å². The van der Waals surface area contributed by atoms with E-state index in [0.29, 0.717) is 18.2 Å². The van der Waals surface area contributed by atoms with Crippen LogP contribution >= 0.6 is 0 Å². The molecule has 1 aliphatic rings. The predicted octanol–water partition coefficient (Wildman–Crippen LogP) is 3.10. The lowest BCUT2D eigenvalue weighted by molar-refractivity contribution is 0.213. The Labute approximate surface area is 174 Å². The Balaban J connectivity index is 1.70. The van der Waals surface area contributed by atoms with Crippen molar-refractivity contribution in [1.82, 2.24) is 19.8 Å². The normalized spacial score (nSPS) is 14.1. The van der Waals surface area contributed by atoms with Crippen molar-refractivity contribution in [3.8, 4) is 11.4 Å². The molecule has 1 fully saturated rings. The van der Waals surface area contributed by atoms with Crippen LogP contribution in [0.3, 0.4) is 0 Å². The molecule has 0 aliphatic heterocycles. The summed E-state index contributed by atoms with van der Waals surface area (Å²) in [5.74, 6) is 1.26. The van der Waals surface area contributed by atoms with Gasteiger partial charge in [0.25, 0.3) is 0 Å². The fraction of sp³-hybridized carbons (Fsp3) is 0.364. The molecule has 0 bridgehead atoms. The Morgan fingerprint density at radius 2 is 2.03 bits per heavy atom. The first kappa shape index (κ1) is 19.9. The summed E-state index contributed by atoms with van der Waals surface area (Å²) in [6.45, 7) is 4.22. The van der Waals surface area contributed by atoms with E-state index >= 15 is 0 Å². The maximum Gasteiger partial charge on any atom is 0.368 e. The second kappa shape index (κ2) is 8.14. The van der Waals surface area contributed by atoms with Gasteiger partial charge < -0.3 is 9.57 Å². The van der Waals surface area contributed by atoms with Crippen molar-refractivity contribution in [2.45, 2.75) is 39.2 Å². The minimum atomic E-state index is -0.284. The third kappa shape index (κ3) is 3.85. The lowest BCUT2D eigenvalue weighted by Gasteiger charge is -2.16. The van der Waals surface area contributed by atoms with Crippen molar-refractivity contribution in [1.29, 1.82) is 0 Å². The van der Waals surface area contributed by atoms with Gasteiger partial charge in [0.2, 0.25) is 0 Å². The van der Waals surface area contributed by atoms with Crippen molar-refractivity contribution in [2.24, 2.45) is 12.2 Å². The SMILES string of the molecule is CON=C(C)c1ccc(C)c(OCc2c(C3CC3)cccc2-n2nnn(C)c2=O)c1. The second-order valence-corrected chi connectivity index (χ2v) is 7.54. The zero-order valence-electron chi connectivity index (χ0n) is 17.6. The summed E-state index contributed by atoms with van der Waals surface area (Å²) >= 11 is 0. The van der Waals surface area contributed by atoms with Gasteiger partial charge in [-0.25, -0.2) is 4.79 Å². The van der Waals surface area contributed by atoms with E-state index in [2.05, 4.69) is 21.6 Å². The van der Waals surface area contributed by atoms with E-state index < -0.39 is 0 Å². The summed E-state index contributed by atoms with van der Waals surface area (Å²) < 4.78 is 8.81. The molecule has 1 heterocycles. The Kier molecular flexibility index (Phi) is 5.39. The monoisotopic (exact) mass is 407 g/mol. The van der Waals surface area contributed by atoms with Gasteiger partial charge in [0.05, 0.1) is 11.4 Å². The summed E-state index contributed by atoms with van der Waals surface area (Å²) in [6.07, 6.45) is 2.29. The van der Waals surface area contributed by atoms with E-state index in [-0.39, 0.29) is 5.69 Å². The standard InChI is InChI=1S/C22H25N5O3/c1-14-8-9-17(15(2)23-29-4)12-21(14)30-13-19-18(16-10-11-16)6-5-7-20(19)27-22(28)26(3)24-25-27/h5-9,12,16H,10-11,13H2,1-4H3. The van der Waals surface area contributed by atoms with Crippen molar-refractivity contribution in [3.63, 3.8) is 0 Å². The number of ether oxygens (including phenoxy) is 1. The van der Waals surface area contributed by atoms with Crippen molar-refractivity contribution in [3.05, 3.63) is 69.1 Å². The molecule has 1 aromatic heterocycles. The smallest absolute Gasteiger partial charge is 0.368 e. The van der Waals surface area contributed by atoms with Crippen molar-refractivity contribution in [2.75, 3.05) is 7.11 Å².